The molecule has 0 amide bonds. The van der Waals surface area contributed by atoms with Gasteiger partial charge in [-0.05, 0) is 25.1 Å². The summed E-state index contributed by atoms with van der Waals surface area (Å²) in [6, 6.07) is 3.66. The second kappa shape index (κ2) is 5.82. The van der Waals surface area contributed by atoms with E-state index in [2.05, 4.69) is 31.3 Å². The fourth-order valence-electron chi connectivity index (χ4n) is 1.91. The SMILES string of the molecule is CCCNCc1cn(-c2c(Cl)ccc3nsnc23)nn1. The van der Waals surface area contributed by atoms with Crippen molar-refractivity contribution in [1.82, 2.24) is 29.1 Å². The van der Waals surface area contributed by atoms with E-state index in [0.29, 0.717) is 11.6 Å². The Morgan fingerprint density at radius 1 is 1.35 bits per heavy atom. The maximum Gasteiger partial charge on any atom is 0.132 e. The third-order valence-electron chi connectivity index (χ3n) is 2.85. The summed E-state index contributed by atoms with van der Waals surface area (Å²) in [4.78, 5) is 0. The van der Waals surface area contributed by atoms with Crippen molar-refractivity contribution in [3.8, 4) is 5.69 Å². The molecule has 0 saturated carbocycles. The van der Waals surface area contributed by atoms with Crippen molar-refractivity contribution in [1.29, 1.82) is 0 Å². The van der Waals surface area contributed by atoms with Crippen LogP contribution >= 0.6 is 23.3 Å². The van der Waals surface area contributed by atoms with Crippen molar-refractivity contribution in [2.45, 2.75) is 19.9 Å². The van der Waals surface area contributed by atoms with Gasteiger partial charge in [-0.25, -0.2) is 4.68 Å². The van der Waals surface area contributed by atoms with Gasteiger partial charge in [-0.15, -0.1) is 5.10 Å². The summed E-state index contributed by atoms with van der Waals surface area (Å²) in [7, 11) is 0. The van der Waals surface area contributed by atoms with Gasteiger partial charge in [0.1, 0.15) is 16.7 Å². The first kappa shape index (κ1) is 13.4. The Morgan fingerprint density at radius 3 is 3.10 bits per heavy atom. The number of halogens is 1. The number of hydrogen-bond acceptors (Lipinski definition) is 6. The van der Waals surface area contributed by atoms with Crippen molar-refractivity contribution in [2.75, 3.05) is 6.54 Å². The van der Waals surface area contributed by atoms with Crippen LogP contribution in [0.2, 0.25) is 5.02 Å². The normalized spacial score (nSPS) is 11.3. The minimum atomic E-state index is 0.586. The van der Waals surface area contributed by atoms with E-state index >= 15 is 0 Å². The molecule has 0 fully saturated rings. The van der Waals surface area contributed by atoms with Crippen molar-refractivity contribution in [3.63, 3.8) is 0 Å². The number of rotatable bonds is 5. The number of benzene rings is 1. The topological polar surface area (TPSA) is 68.5 Å². The molecule has 0 aliphatic carbocycles. The van der Waals surface area contributed by atoms with E-state index in [9.17, 15) is 0 Å². The molecular formula is C12H13ClN6S. The first-order valence-electron chi connectivity index (χ1n) is 6.32. The zero-order chi connectivity index (χ0) is 13.9. The first-order valence-corrected chi connectivity index (χ1v) is 7.43. The average Bonchev–Trinajstić information content (AvgIpc) is 3.08. The molecule has 2 aromatic heterocycles. The van der Waals surface area contributed by atoms with Crippen LogP contribution < -0.4 is 5.32 Å². The maximum atomic E-state index is 6.26. The van der Waals surface area contributed by atoms with Crippen LogP contribution in [0.4, 0.5) is 0 Å². The fourth-order valence-corrected chi connectivity index (χ4v) is 2.69. The molecule has 3 rings (SSSR count). The standard InChI is InChI=1S/C12H13ClN6S/c1-2-5-14-6-8-7-19(18-15-8)12-9(13)3-4-10-11(12)17-20-16-10/h3-4,7,14H,2,5-6H2,1H3. The van der Waals surface area contributed by atoms with E-state index in [1.54, 1.807) is 10.7 Å². The van der Waals surface area contributed by atoms with E-state index < -0.39 is 0 Å². The molecule has 0 unspecified atom stereocenters. The predicted molar refractivity (Wildman–Crippen MR) is 79.3 cm³/mol. The molecule has 104 valence electrons. The van der Waals surface area contributed by atoms with Gasteiger partial charge in [0.25, 0.3) is 0 Å². The number of nitrogens with zero attached hydrogens (tertiary/aromatic N) is 5. The van der Waals surface area contributed by atoms with Crippen LogP contribution in [0.25, 0.3) is 16.7 Å². The second-order valence-corrected chi connectivity index (χ2v) is 5.29. The summed E-state index contributed by atoms with van der Waals surface area (Å²) >= 11 is 7.42. The van der Waals surface area contributed by atoms with Gasteiger partial charge in [-0.2, -0.15) is 8.75 Å². The quantitative estimate of drug-likeness (QED) is 0.733. The molecule has 1 N–H and O–H groups in total. The maximum absolute atomic E-state index is 6.26. The number of nitrogens with one attached hydrogen (secondary N) is 1. The molecule has 0 aliphatic heterocycles. The number of fused-ring (bicyclic) bond motifs is 1. The molecule has 0 radical (unpaired) electrons. The molecule has 20 heavy (non-hydrogen) atoms. The van der Waals surface area contributed by atoms with Gasteiger partial charge in [0.05, 0.1) is 28.6 Å². The zero-order valence-corrected chi connectivity index (χ0v) is 12.4. The highest BCUT2D eigenvalue weighted by Crippen LogP contribution is 2.27. The molecule has 3 aromatic rings. The lowest BCUT2D eigenvalue weighted by atomic mass is 10.2. The van der Waals surface area contributed by atoms with Gasteiger partial charge in [0.2, 0.25) is 0 Å². The van der Waals surface area contributed by atoms with Crippen molar-refractivity contribution >= 4 is 34.4 Å². The Labute approximate surface area is 125 Å². The predicted octanol–water partition coefficient (Wildman–Crippen LogP) is 2.43. The second-order valence-electron chi connectivity index (χ2n) is 4.36. The third kappa shape index (κ3) is 2.52. The molecule has 0 spiro atoms. The first-order chi connectivity index (χ1) is 9.79. The van der Waals surface area contributed by atoms with Gasteiger partial charge < -0.3 is 5.32 Å². The van der Waals surface area contributed by atoms with Crippen molar-refractivity contribution < 1.29 is 0 Å². The van der Waals surface area contributed by atoms with Crippen LogP contribution in [0.5, 0.6) is 0 Å². The molecule has 1 aromatic carbocycles. The van der Waals surface area contributed by atoms with E-state index in [0.717, 1.165) is 47.1 Å². The van der Waals surface area contributed by atoms with Crippen LogP contribution in [0.1, 0.15) is 19.0 Å². The highest BCUT2D eigenvalue weighted by Gasteiger charge is 2.13. The Balaban J connectivity index is 1.95. The summed E-state index contributed by atoms with van der Waals surface area (Å²) in [5.74, 6) is 0. The Kier molecular flexibility index (Phi) is 3.90. The van der Waals surface area contributed by atoms with Gasteiger partial charge in [0, 0.05) is 6.54 Å². The highest BCUT2D eigenvalue weighted by atomic mass is 35.5. The molecular weight excluding hydrogens is 296 g/mol. The van der Waals surface area contributed by atoms with Crippen LogP contribution in [0.15, 0.2) is 18.3 Å². The van der Waals surface area contributed by atoms with Gasteiger partial charge in [0.15, 0.2) is 0 Å². The molecule has 0 saturated heterocycles. The Hall–Kier alpha value is -1.57. The minimum Gasteiger partial charge on any atom is -0.311 e. The molecule has 8 heteroatoms. The van der Waals surface area contributed by atoms with Crippen LogP contribution in [0.3, 0.4) is 0 Å². The smallest absolute Gasteiger partial charge is 0.132 e. The number of aromatic nitrogens is 5. The Bertz CT molecular complexity index is 722. The number of hydrogen-bond donors (Lipinski definition) is 1. The third-order valence-corrected chi connectivity index (χ3v) is 3.70. The largest absolute Gasteiger partial charge is 0.311 e. The summed E-state index contributed by atoms with van der Waals surface area (Å²) < 4.78 is 10.2. The van der Waals surface area contributed by atoms with Crippen molar-refractivity contribution in [2.24, 2.45) is 0 Å². The summed E-state index contributed by atoms with van der Waals surface area (Å²) in [5.41, 5.74) is 3.16. The fraction of sp³-hybridized carbons (Fsp3) is 0.333. The molecule has 0 atom stereocenters. The minimum absolute atomic E-state index is 0.586. The summed E-state index contributed by atoms with van der Waals surface area (Å²) in [5, 5.41) is 12.2. The van der Waals surface area contributed by atoms with Crippen molar-refractivity contribution in [3.05, 3.63) is 29.0 Å². The lowest BCUT2D eigenvalue weighted by Gasteiger charge is -2.03. The monoisotopic (exact) mass is 308 g/mol. The van der Waals surface area contributed by atoms with E-state index in [-0.39, 0.29) is 0 Å². The van der Waals surface area contributed by atoms with Crippen LogP contribution in [0, 0.1) is 0 Å². The molecule has 0 aliphatic rings. The zero-order valence-electron chi connectivity index (χ0n) is 10.9. The highest BCUT2D eigenvalue weighted by molar-refractivity contribution is 7.00. The van der Waals surface area contributed by atoms with Gasteiger partial charge in [-0.1, -0.05) is 23.7 Å². The average molecular weight is 309 g/mol. The van der Waals surface area contributed by atoms with Gasteiger partial charge >= 0.3 is 0 Å². The van der Waals surface area contributed by atoms with Gasteiger partial charge in [-0.3, -0.25) is 0 Å². The van der Waals surface area contributed by atoms with E-state index in [1.807, 2.05) is 12.3 Å². The Morgan fingerprint density at radius 2 is 2.25 bits per heavy atom. The summed E-state index contributed by atoms with van der Waals surface area (Å²) in [6.07, 6.45) is 2.95. The molecule has 6 nitrogen and oxygen atoms in total. The lowest BCUT2D eigenvalue weighted by Crippen LogP contribution is -2.13. The molecule has 0 bridgehead atoms. The lowest BCUT2D eigenvalue weighted by molar-refractivity contribution is 0.662. The van der Waals surface area contributed by atoms with Crippen LogP contribution in [-0.2, 0) is 6.54 Å². The molecule has 2 heterocycles. The van der Waals surface area contributed by atoms with Crippen LogP contribution in [-0.4, -0.2) is 30.3 Å². The van der Waals surface area contributed by atoms with E-state index in [1.165, 1.54) is 0 Å². The summed E-state index contributed by atoms with van der Waals surface area (Å²) in [6.45, 7) is 3.77. The van der Waals surface area contributed by atoms with E-state index in [4.69, 9.17) is 11.6 Å².